The minimum atomic E-state index is -0.976. The number of hydrogen-bond donors (Lipinski definition) is 2. The summed E-state index contributed by atoms with van der Waals surface area (Å²) in [6.45, 7) is 0. The number of hydrogen-bond acceptors (Lipinski definition) is 2. The number of fused-ring (bicyclic) bond motifs is 1. The van der Waals surface area contributed by atoms with E-state index in [1.54, 1.807) is 18.5 Å². The second-order valence-corrected chi connectivity index (χ2v) is 4.42. The zero-order chi connectivity index (χ0) is 13.9. The number of carboxylic acids is 1. The smallest absolute Gasteiger partial charge is 0.328 e. The highest BCUT2D eigenvalue weighted by Gasteiger charge is 2.08. The number of benzene rings is 1. The van der Waals surface area contributed by atoms with Crippen LogP contribution in [0.5, 0.6) is 0 Å². The molecule has 0 aliphatic rings. The van der Waals surface area contributed by atoms with Gasteiger partial charge in [-0.15, -0.1) is 0 Å². The Bertz CT molecular complexity index is 788. The largest absolute Gasteiger partial charge is 0.478 e. The van der Waals surface area contributed by atoms with Gasteiger partial charge in [0.25, 0.3) is 0 Å². The Kier molecular flexibility index (Phi) is 3.05. The summed E-state index contributed by atoms with van der Waals surface area (Å²) in [5, 5.41) is 10.2. The van der Waals surface area contributed by atoms with Gasteiger partial charge in [0.15, 0.2) is 0 Å². The molecular weight excluding hydrogens is 252 g/mol. The summed E-state index contributed by atoms with van der Waals surface area (Å²) < 4.78 is 0. The van der Waals surface area contributed by atoms with Crippen molar-refractivity contribution < 1.29 is 9.90 Å². The summed E-state index contributed by atoms with van der Waals surface area (Å²) in [6, 6.07) is 11.4. The fourth-order valence-corrected chi connectivity index (χ4v) is 2.19. The lowest BCUT2D eigenvalue weighted by molar-refractivity contribution is -0.131. The Hall–Kier alpha value is -2.88. The van der Waals surface area contributed by atoms with Crippen molar-refractivity contribution in [2.75, 3.05) is 0 Å². The van der Waals surface area contributed by atoms with Gasteiger partial charge in [-0.2, -0.15) is 0 Å². The van der Waals surface area contributed by atoms with E-state index < -0.39 is 5.97 Å². The predicted molar refractivity (Wildman–Crippen MR) is 77.3 cm³/mol. The Morgan fingerprint density at radius 3 is 2.85 bits per heavy atom. The molecule has 98 valence electrons. The third kappa shape index (κ3) is 2.31. The van der Waals surface area contributed by atoms with E-state index in [4.69, 9.17) is 5.11 Å². The van der Waals surface area contributed by atoms with E-state index in [0.717, 1.165) is 22.0 Å². The summed E-state index contributed by atoms with van der Waals surface area (Å²) in [7, 11) is 0. The first kappa shape index (κ1) is 12.2. The van der Waals surface area contributed by atoms with Gasteiger partial charge in [-0.1, -0.05) is 18.2 Å². The van der Waals surface area contributed by atoms with E-state index in [1.165, 1.54) is 6.08 Å². The molecule has 0 atom stereocenters. The normalized spacial score (nSPS) is 11.7. The zero-order valence-corrected chi connectivity index (χ0v) is 10.6. The predicted octanol–water partition coefficient (Wildman–Crippen LogP) is 3.08. The molecule has 0 fully saturated rings. The van der Waals surface area contributed by atoms with Crippen LogP contribution in [0, 0.1) is 0 Å². The Morgan fingerprint density at radius 1 is 1.20 bits per heavy atom. The van der Waals surface area contributed by atoms with Crippen LogP contribution in [0.1, 0.15) is 11.1 Å². The Morgan fingerprint density at radius 2 is 2.10 bits per heavy atom. The number of pyridine rings is 1. The van der Waals surface area contributed by atoms with Crippen molar-refractivity contribution in [2.45, 2.75) is 0 Å². The molecular formula is C16H12N2O2. The van der Waals surface area contributed by atoms with Crippen LogP contribution >= 0.6 is 0 Å². The Labute approximate surface area is 115 Å². The van der Waals surface area contributed by atoms with Crippen molar-refractivity contribution in [2.24, 2.45) is 0 Å². The van der Waals surface area contributed by atoms with Crippen LogP contribution in [0.25, 0.3) is 16.5 Å². The van der Waals surface area contributed by atoms with Crippen molar-refractivity contribution in [3.8, 4) is 0 Å². The van der Waals surface area contributed by atoms with Crippen molar-refractivity contribution in [3.63, 3.8) is 0 Å². The van der Waals surface area contributed by atoms with E-state index in [-0.39, 0.29) is 0 Å². The number of nitrogens with one attached hydrogen (secondary N) is 1. The first-order valence-corrected chi connectivity index (χ1v) is 6.16. The standard InChI is InChI=1S/C16H12N2O2/c19-16(20)9-14(13-2-1-6-17-10-13)12-4-3-11-5-7-18-15(11)8-12/h1-10,18H,(H,19,20). The number of aromatic amines is 1. The molecule has 0 aliphatic carbocycles. The van der Waals surface area contributed by atoms with Crippen LogP contribution in [0.3, 0.4) is 0 Å². The van der Waals surface area contributed by atoms with Crippen molar-refractivity contribution in [1.82, 2.24) is 9.97 Å². The number of aliphatic carboxylic acids is 1. The second kappa shape index (κ2) is 5.01. The molecule has 1 aromatic carbocycles. The van der Waals surface area contributed by atoms with Gasteiger partial charge in [0.05, 0.1) is 0 Å². The molecule has 0 bridgehead atoms. The van der Waals surface area contributed by atoms with E-state index >= 15 is 0 Å². The van der Waals surface area contributed by atoms with Crippen LogP contribution < -0.4 is 0 Å². The molecule has 3 rings (SSSR count). The first-order chi connectivity index (χ1) is 9.74. The van der Waals surface area contributed by atoms with Crippen molar-refractivity contribution in [3.05, 3.63) is 72.2 Å². The number of H-pyrrole nitrogens is 1. The van der Waals surface area contributed by atoms with Gasteiger partial charge in [0, 0.05) is 35.7 Å². The number of nitrogens with zero attached hydrogens (tertiary/aromatic N) is 1. The highest BCUT2D eigenvalue weighted by Crippen LogP contribution is 2.25. The maximum Gasteiger partial charge on any atom is 0.328 e. The van der Waals surface area contributed by atoms with Crippen molar-refractivity contribution >= 4 is 22.4 Å². The van der Waals surface area contributed by atoms with E-state index in [2.05, 4.69) is 9.97 Å². The second-order valence-electron chi connectivity index (χ2n) is 4.42. The summed E-state index contributed by atoms with van der Waals surface area (Å²) in [5.74, 6) is -0.976. The topological polar surface area (TPSA) is 66.0 Å². The van der Waals surface area contributed by atoms with Crippen molar-refractivity contribution in [1.29, 1.82) is 0 Å². The molecule has 2 aromatic heterocycles. The molecule has 0 amide bonds. The molecule has 0 spiro atoms. The van der Waals surface area contributed by atoms with Gasteiger partial charge in [0.1, 0.15) is 0 Å². The summed E-state index contributed by atoms with van der Waals surface area (Å²) in [4.78, 5) is 18.2. The first-order valence-electron chi connectivity index (χ1n) is 6.16. The maximum absolute atomic E-state index is 11.1. The summed E-state index contributed by atoms with van der Waals surface area (Å²) in [6.07, 6.45) is 6.39. The van der Waals surface area contributed by atoms with E-state index in [9.17, 15) is 4.79 Å². The summed E-state index contributed by atoms with van der Waals surface area (Å²) >= 11 is 0. The molecule has 2 heterocycles. The van der Waals surface area contributed by atoms with Gasteiger partial charge in [0.2, 0.25) is 0 Å². The molecule has 0 saturated heterocycles. The number of carboxylic acid groups (broad SMARTS) is 1. The van der Waals surface area contributed by atoms with Crippen LogP contribution in [0.4, 0.5) is 0 Å². The third-order valence-corrected chi connectivity index (χ3v) is 3.11. The zero-order valence-electron chi connectivity index (χ0n) is 10.6. The number of rotatable bonds is 3. The quantitative estimate of drug-likeness (QED) is 0.714. The minimum absolute atomic E-state index is 0.641. The third-order valence-electron chi connectivity index (χ3n) is 3.11. The molecule has 0 unspecified atom stereocenters. The molecule has 4 heteroatoms. The molecule has 0 radical (unpaired) electrons. The molecule has 20 heavy (non-hydrogen) atoms. The molecule has 4 nitrogen and oxygen atoms in total. The lowest BCUT2D eigenvalue weighted by atomic mass is 9.98. The van der Waals surface area contributed by atoms with Gasteiger partial charge in [-0.25, -0.2) is 4.79 Å². The highest BCUT2D eigenvalue weighted by atomic mass is 16.4. The number of aromatic nitrogens is 2. The van der Waals surface area contributed by atoms with Crippen LogP contribution in [0.15, 0.2) is 61.1 Å². The summed E-state index contributed by atoms with van der Waals surface area (Å²) in [5.41, 5.74) is 3.24. The lowest BCUT2D eigenvalue weighted by Gasteiger charge is -2.07. The average Bonchev–Trinajstić information content (AvgIpc) is 2.93. The van der Waals surface area contributed by atoms with Gasteiger partial charge in [-0.05, 0) is 34.7 Å². The van der Waals surface area contributed by atoms with Crippen LogP contribution in [-0.4, -0.2) is 21.0 Å². The minimum Gasteiger partial charge on any atom is -0.478 e. The van der Waals surface area contributed by atoms with Gasteiger partial charge < -0.3 is 10.1 Å². The van der Waals surface area contributed by atoms with Crippen LogP contribution in [-0.2, 0) is 4.79 Å². The number of carbonyl (C=O) groups is 1. The van der Waals surface area contributed by atoms with E-state index in [1.807, 2.05) is 36.5 Å². The van der Waals surface area contributed by atoms with Gasteiger partial charge in [-0.3, -0.25) is 4.98 Å². The monoisotopic (exact) mass is 264 g/mol. The molecule has 0 aliphatic heterocycles. The Balaban J connectivity index is 2.16. The SMILES string of the molecule is O=C(O)C=C(c1cccnc1)c1ccc2cc[nH]c2c1. The fourth-order valence-electron chi connectivity index (χ4n) is 2.19. The molecule has 0 saturated carbocycles. The maximum atomic E-state index is 11.1. The molecule has 2 N–H and O–H groups in total. The molecule has 3 aromatic rings. The average molecular weight is 264 g/mol. The van der Waals surface area contributed by atoms with Gasteiger partial charge >= 0.3 is 5.97 Å². The fraction of sp³-hybridized carbons (Fsp3) is 0. The van der Waals surface area contributed by atoms with Crippen LogP contribution in [0.2, 0.25) is 0 Å². The van der Waals surface area contributed by atoms with E-state index in [0.29, 0.717) is 5.57 Å². The highest BCUT2D eigenvalue weighted by molar-refractivity contribution is 5.96. The lowest BCUT2D eigenvalue weighted by Crippen LogP contribution is -1.95.